The molecule has 0 radical (unpaired) electrons. The van der Waals surface area contributed by atoms with Crippen molar-refractivity contribution < 1.29 is 8.85 Å². The van der Waals surface area contributed by atoms with Gasteiger partial charge in [0.25, 0.3) is 0 Å². The molecule has 116 valence electrons. The summed E-state index contributed by atoms with van der Waals surface area (Å²) in [5, 5.41) is 4.60. The Bertz CT molecular complexity index is 820. The first kappa shape index (κ1) is 15.7. The molecule has 3 heteroatoms. The molecule has 0 saturated heterocycles. The van der Waals surface area contributed by atoms with Crippen LogP contribution in [0.15, 0.2) is 73.3 Å². The highest BCUT2D eigenvalue weighted by Crippen LogP contribution is 2.15. The second-order valence-electron chi connectivity index (χ2n) is 5.41. The fourth-order valence-electron chi connectivity index (χ4n) is 2.95. The highest BCUT2D eigenvalue weighted by atomic mass is 28.4. The Hall–Kier alpha value is -2.20. The van der Waals surface area contributed by atoms with Gasteiger partial charge in [-0.05, 0) is 26.7 Å². The van der Waals surface area contributed by atoms with E-state index in [0.29, 0.717) is 0 Å². The molecule has 2 nitrogen and oxygen atoms in total. The molecule has 0 saturated carbocycles. The predicted octanol–water partition coefficient (Wildman–Crippen LogP) is 3.33. The van der Waals surface area contributed by atoms with E-state index < -0.39 is 8.56 Å². The fraction of sp³-hybridized carbons (Fsp3) is 0.100. The maximum Gasteiger partial charge on any atom is 0.406 e. The van der Waals surface area contributed by atoms with Crippen molar-refractivity contribution in [1.82, 2.24) is 0 Å². The standard InChI is InChI=1S/C20H20O2Si/c1-4-16-9-12-19(13-10-16)23(21-2,22-3)20-14-11-17-7-5-6-8-18(17)15-20/h4-15H,1H2,2-3H3. The maximum absolute atomic E-state index is 5.97. The van der Waals surface area contributed by atoms with Crippen LogP contribution in [0.4, 0.5) is 0 Å². The van der Waals surface area contributed by atoms with Crippen LogP contribution in [0.3, 0.4) is 0 Å². The first-order chi connectivity index (χ1) is 11.2. The molecule has 0 aromatic heterocycles. The molecule has 0 aliphatic heterocycles. The topological polar surface area (TPSA) is 18.5 Å². The van der Waals surface area contributed by atoms with Crippen LogP contribution in [0.5, 0.6) is 0 Å². The van der Waals surface area contributed by atoms with Crippen molar-refractivity contribution in [3.63, 3.8) is 0 Å². The van der Waals surface area contributed by atoms with E-state index >= 15 is 0 Å². The molecule has 0 bridgehead atoms. The van der Waals surface area contributed by atoms with Gasteiger partial charge < -0.3 is 8.85 Å². The van der Waals surface area contributed by atoms with Gasteiger partial charge in [0.1, 0.15) is 0 Å². The van der Waals surface area contributed by atoms with Gasteiger partial charge in [0.2, 0.25) is 0 Å². The summed E-state index contributed by atoms with van der Waals surface area (Å²) in [6, 6.07) is 23.0. The highest BCUT2D eigenvalue weighted by Gasteiger charge is 2.40. The van der Waals surface area contributed by atoms with Crippen molar-refractivity contribution in [3.8, 4) is 0 Å². The minimum atomic E-state index is -2.68. The highest BCUT2D eigenvalue weighted by molar-refractivity contribution is 6.92. The SMILES string of the molecule is C=Cc1ccc([Si](OC)(OC)c2ccc3ccccc3c2)cc1. The summed E-state index contributed by atoms with van der Waals surface area (Å²) in [7, 11) is 0.774. The molecule has 0 atom stereocenters. The van der Waals surface area contributed by atoms with Crippen LogP contribution in [-0.2, 0) is 8.85 Å². The maximum atomic E-state index is 5.97. The van der Waals surface area contributed by atoms with E-state index in [1.165, 1.54) is 10.8 Å². The molecule has 0 unspecified atom stereocenters. The van der Waals surface area contributed by atoms with E-state index in [4.69, 9.17) is 8.85 Å². The van der Waals surface area contributed by atoms with E-state index in [0.717, 1.165) is 15.9 Å². The Morgan fingerprint density at radius 2 is 1.39 bits per heavy atom. The van der Waals surface area contributed by atoms with Crippen LogP contribution in [0.2, 0.25) is 0 Å². The van der Waals surface area contributed by atoms with Crippen LogP contribution in [0.25, 0.3) is 16.8 Å². The zero-order valence-electron chi connectivity index (χ0n) is 13.5. The molecule has 0 heterocycles. The van der Waals surface area contributed by atoms with Gasteiger partial charge in [-0.25, -0.2) is 0 Å². The van der Waals surface area contributed by atoms with Crippen molar-refractivity contribution in [2.24, 2.45) is 0 Å². The van der Waals surface area contributed by atoms with Crippen LogP contribution in [-0.4, -0.2) is 22.8 Å². The summed E-state index contributed by atoms with van der Waals surface area (Å²) in [4.78, 5) is 0. The molecule has 0 spiro atoms. The molecular formula is C20H20O2Si. The lowest BCUT2D eigenvalue weighted by Gasteiger charge is -2.28. The third kappa shape index (κ3) is 2.74. The first-order valence-electron chi connectivity index (χ1n) is 7.56. The minimum absolute atomic E-state index is 1.09. The molecule has 0 fully saturated rings. The molecule has 0 aliphatic rings. The Kier molecular flexibility index (Phi) is 4.43. The lowest BCUT2D eigenvalue weighted by Crippen LogP contribution is -2.62. The van der Waals surface area contributed by atoms with Crippen LogP contribution in [0, 0.1) is 0 Å². The number of fused-ring (bicyclic) bond motifs is 1. The van der Waals surface area contributed by atoms with E-state index in [2.05, 4.69) is 49.0 Å². The Morgan fingerprint density at radius 3 is 2.00 bits per heavy atom. The zero-order chi connectivity index (χ0) is 16.3. The monoisotopic (exact) mass is 320 g/mol. The van der Waals surface area contributed by atoms with Gasteiger partial charge in [0.15, 0.2) is 0 Å². The first-order valence-corrected chi connectivity index (χ1v) is 9.37. The van der Waals surface area contributed by atoms with Crippen molar-refractivity contribution >= 4 is 35.8 Å². The Morgan fingerprint density at radius 1 is 0.783 bits per heavy atom. The summed E-state index contributed by atoms with van der Waals surface area (Å²) in [6.07, 6.45) is 1.84. The third-order valence-electron chi connectivity index (χ3n) is 4.23. The molecule has 23 heavy (non-hydrogen) atoms. The quantitative estimate of drug-likeness (QED) is 0.671. The summed E-state index contributed by atoms with van der Waals surface area (Å²) in [5.74, 6) is 0. The van der Waals surface area contributed by atoms with Gasteiger partial charge in [-0.1, -0.05) is 79.4 Å². The summed E-state index contributed by atoms with van der Waals surface area (Å²) < 4.78 is 11.9. The lowest BCUT2D eigenvalue weighted by atomic mass is 10.1. The molecule has 0 aliphatic carbocycles. The van der Waals surface area contributed by atoms with Crippen molar-refractivity contribution in [3.05, 3.63) is 78.9 Å². The summed E-state index contributed by atoms with van der Waals surface area (Å²) >= 11 is 0. The summed E-state index contributed by atoms with van der Waals surface area (Å²) in [5.41, 5.74) is 1.09. The average Bonchev–Trinajstić information content (AvgIpc) is 2.63. The molecule has 3 aromatic carbocycles. The van der Waals surface area contributed by atoms with Gasteiger partial charge in [-0.15, -0.1) is 0 Å². The summed E-state index contributed by atoms with van der Waals surface area (Å²) in [6.45, 7) is 3.80. The van der Waals surface area contributed by atoms with Crippen molar-refractivity contribution in [1.29, 1.82) is 0 Å². The largest absolute Gasteiger partial charge is 0.406 e. The fourth-order valence-corrected chi connectivity index (χ4v) is 5.65. The van der Waals surface area contributed by atoms with Crippen molar-refractivity contribution in [2.45, 2.75) is 0 Å². The third-order valence-corrected chi connectivity index (χ3v) is 7.55. The molecule has 0 amide bonds. The predicted molar refractivity (Wildman–Crippen MR) is 99.5 cm³/mol. The molecular weight excluding hydrogens is 300 g/mol. The van der Waals surface area contributed by atoms with Gasteiger partial charge in [-0.3, -0.25) is 0 Å². The zero-order valence-corrected chi connectivity index (χ0v) is 14.5. The van der Waals surface area contributed by atoms with Gasteiger partial charge in [-0.2, -0.15) is 0 Å². The lowest BCUT2D eigenvalue weighted by molar-refractivity contribution is 0.273. The van der Waals surface area contributed by atoms with Crippen molar-refractivity contribution in [2.75, 3.05) is 14.2 Å². The second-order valence-corrected chi connectivity index (χ2v) is 8.62. The second kappa shape index (κ2) is 6.50. The Balaban J connectivity index is 2.16. The number of benzene rings is 3. The molecule has 3 rings (SSSR count). The van der Waals surface area contributed by atoms with E-state index in [1.807, 2.05) is 30.3 Å². The van der Waals surface area contributed by atoms with Gasteiger partial charge in [0, 0.05) is 14.2 Å². The normalized spacial score (nSPS) is 11.6. The van der Waals surface area contributed by atoms with Crippen LogP contribution >= 0.6 is 0 Å². The van der Waals surface area contributed by atoms with E-state index in [1.54, 1.807) is 14.2 Å². The number of hydrogen-bond donors (Lipinski definition) is 0. The van der Waals surface area contributed by atoms with Crippen LogP contribution < -0.4 is 10.4 Å². The molecule has 3 aromatic rings. The number of rotatable bonds is 5. The molecule has 0 N–H and O–H groups in total. The minimum Gasteiger partial charge on any atom is -0.391 e. The van der Waals surface area contributed by atoms with Gasteiger partial charge in [0.05, 0.1) is 0 Å². The number of hydrogen-bond acceptors (Lipinski definition) is 2. The average molecular weight is 320 g/mol. The van der Waals surface area contributed by atoms with E-state index in [-0.39, 0.29) is 0 Å². The van der Waals surface area contributed by atoms with E-state index in [9.17, 15) is 0 Å². The van der Waals surface area contributed by atoms with Crippen LogP contribution in [0.1, 0.15) is 5.56 Å². The smallest absolute Gasteiger partial charge is 0.391 e. The van der Waals surface area contributed by atoms with Gasteiger partial charge >= 0.3 is 8.56 Å². The Labute approximate surface area is 138 Å².